The minimum absolute atomic E-state index is 0.0917. The van der Waals surface area contributed by atoms with E-state index in [0.717, 1.165) is 18.4 Å². The Kier molecular flexibility index (Phi) is 5.16. The monoisotopic (exact) mass is 292 g/mol. The number of hydrogen-bond acceptors (Lipinski definition) is 5. The van der Waals surface area contributed by atoms with Crippen LogP contribution in [-0.2, 0) is 14.3 Å². The molecule has 3 N–H and O–H groups in total. The maximum Gasteiger partial charge on any atom is 0.340 e. The van der Waals surface area contributed by atoms with Gasteiger partial charge in [-0.05, 0) is 31.4 Å². The zero-order chi connectivity index (χ0) is 15.2. The number of esters is 1. The van der Waals surface area contributed by atoms with E-state index >= 15 is 0 Å². The molecule has 6 heteroatoms. The first-order valence-electron chi connectivity index (χ1n) is 6.97. The molecule has 6 nitrogen and oxygen atoms in total. The van der Waals surface area contributed by atoms with E-state index in [1.807, 2.05) is 13.0 Å². The Hall–Kier alpha value is -2.08. The first-order chi connectivity index (χ1) is 10.1. The topological polar surface area (TPSA) is 90.7 Å². The second kappa shape index (κ2) is 7.08. The van der Waals surface area contributed by atoms with Crippen LogP contribution in [0.3, 0.4) is 0 Å². The van der Waals surface area contributed by atoms with Crippen molar-refractivity contribution in [2.75, 3.05) is 25.6 Å². The molecule has 1 heterocycles. The summed E-state index contributed by atoms with van der Waals surface area (Å²) >= 11 is 0. The van der Waals surface area contributed by atoms with Gasteiger partial charge in [-0.25, -0.2) is 4.79 Å². The van der Waals surface area contributed by atoms with Gasteiger partial charge in [0, 0.05) is 24.9 Å². The number of carbonyl (C=O) groups is 2. The summed E-state index contributed by atoms with van der Waals surface area (Å²) in [5, 5.41) is 2.82. The number of carbonyl (C=O) groups excluding carboxylic acids is 2. The summed E-state index contributed by atoms with van der Waals surface area (Å²) in [4.78, 5) is 23.7. The normalized spacial score (nSPS) is 15.5. The molecule has 1 aromatic rings. The van der Waals surface area contributed by atoms with Crippen LogP contribution in [0.15, 0.2) is 18.2 Å². The average molecular weight is 292 g/mol. The van der Waals surface area contributed by atoms with Crippen molar-refractivity contribution in [3.8, 4) is 0 Å². The van der Waals surface area contributed by atoms with Crippen molar-refractivity contribution >= 4 is 17.6 Å². The number of benzene rings is 1. The van der Waals surface area contributed by atoms with Crippen molar-refractivity contribution in [1.82, 2.24) is 5.32 Å². The van der Waals surface area contributed by atoms with Crippen LogP contribution in [0.2, 0.25) is 0 Å². The van der Waals surface area contributed by atoms with E-state index in [0.29, 0.717) is 18.9 Å². The first-order valence-corrected chi connectivity index (χ1v) is 6.97. The van der Waals surface area contributed by atoms with E-state index < -0.39 is 5.97 Å². The van der Waals surface area contributed by atoms with Gasteiger partial charge < -0.3 is 20.5 Å². The maximum absolute atomic E-state index is 11.9. The van der Waals surface area contributed by atoms with Crippen LogP contribution in [0.4, 0.5) is 5.69 Å². The molecule has 1 saturated heterocycles. The van der Waals surface area contributed by atoms with Crippen LogP contribution < -0.4 is 11.1 Å². The maximum atomic E-state index is 11.9. The molecule has 0 aromatic heterocycles. The van der Waals surface area contributed by atoms with Crippen molar-refractivity contribution in [2.45, 2.75) is 25.8 Å². The fourth-order valence-electron chi connectivity index (χ4n) is 2.18. The molecule has 0 radical (unpaired) electrons. The van der Waals surface area contributed by atoms with Crippen LogP contribution in [0.25, 0.3) is 0 Å². The molecule has 21 heavy (non-hydrogen) atoms. The van der Waals surface area contributed by atoms with E-state index in [9.17, 15) is 9.59 Å². The third-order valence-electron chi connectivity index (χ3n) is 3.46. The highest BCUT2D eigenvalue weighted by atomic mass is 16.5. The second-order valence-corrected chi connectivity index (χ2v) is 5.07. The van der Waals surface area contributed by atoms with Crippen LogP contribution >= 0.6 is 0 Å². The summed E-state index contributed by atoms with van der Waals surface area (Å²) in [5.74, 6) is -0.889. The van der Waals surface area contributed by atoms with Crippen molar-refractivity contribution in [3.05, 3.63) is 29.3 Å². The molecular formula is C15H20N2O4. The summed E-state index contributed by atoms with van der Waals surface area (Å²) in [6.07, 6.45) is 1.56. The Morgan fingerprint density at radius 3 is 2.81 bits per heavy atom. The van der Waals surface area contributed by atoms with Crippen LogP contribution in [0.1, 0.15) is 28.8 Å². The molecule has 1 aliphatic rings. The minimum atomic E-state index is -0.585. The zero-order valence-electron chi connectivity index (χ0n) is 12.1. The number of hydrogen-bond donors (Lipinski definition) is 2. The van der Waals surface area contributed by atoms with Gasteiger partial charge in [0.2, 0.25) is 0 Å². The fourth-order valence-corrected chi connectivity index (χ4v) is 2.18. The van der Waals surface area contributed by atoms with Crippen molar-refractivity contribution < 1.29 is 19.1 Å². The Labute approximate surface area is 123 Å². The lowest BCUT2D eigenvalue weighted by atomic mass is 10.1. The average Bonchev–Trinajstić information content (AvgIpc) is 2.48. The minimum Gasteiger partial charge on any atom is -0.452 e. The van der Waals surface area contributed by atoms with Crippen LogP contribution in [0.5, 0.6) is 0 Å². The quantitative estimate of drug-likeness (QED) is 0.639. The number of nitrogens with two attached hydrogens (primary N) is 1. The molecule has 0 atom stereocenters. The van der Waals surface area contributed by atoms with Crippen molar-refractivity contribution in [3.63, 3.8) is 0 Å². The number of amides is 1. The van der Waals surface area contributed by atoms with Gasteiger partial charge in [-0.3, -0.25) is 4.79 Å². The number of nitrogen functional groups attached to an aromatic ring is 1. The molecule has 2 rings (SSSR count). The SMILES string of the molecule is Cc1cccc(C(=O)OCC(=O)NC2CCOCC2)c1N. The van der Waals surface area contributed by atoms with Gasteiger partial charge in [-0.15, -0.1) is 0 Å². The number of para-hydroxylation sites is 1. The zero-order valence-corrected chi connectivity index (χ0v) is 12.1. The fraction of sp³-hybridized carbons (Fsp3) is 0.467. The van der Waals surface area contributed by atoms with Gasteiger partial charge in [0.15, 0.2) is 6.61 Å². The number of ether oxygens (including phenoxy) is 2. The molecule has 0 unspecified atom stereocenters. The van der Waals surface area contributed by atoms with E-state index in [1.54, 1.807) is 12.1 Å². The molecule has 0 bridgehead atoms. The molecule has 1 amide bonds. The highest BCUT2D eigenvalue weighted by Crippen LogP contribution is 2.17. The Bertz CT molecular complexity index is 524. The lowest BCUT2D eigenvalue weighted by molar-refractivity contribution is -0.125. The largest absolute Gasteiger partial charge is 0.452 e. The highest BCUT2D eigenvalue weighted by Gasteiger charge is 2.18. The molecule has 0 saturated carbocycles. The molecule has 0 spiro atoms. The lowest BCUT2D eigenvalue weighted by Crippen LogP contribution is -2.41. The number of rotatable bonds is 4. The van der Waals surface area contributed by atoms with Gasteiger partial charge in [0.05, 0.1) is 5.56 Å². The Morgan fingerprint density at radius 2 is 2.10 bits per heavy atom. The summed E-state index contributed by atoms with van der Waals surface area (Å²) in [5.41, 5.74) is 7.29. The predicted octanol–water partition coefficient (Wildman–Crippen LogP) is 1.03. The summed E-state index contributed by atoms with van der Waals surface area (Å²) in [6, 6.07) is 5.21. The van der Waals surface area contributed by atoms with Gasteiger partial charge in [-0.2, -0.15) is 0 Å². The van der Waals surface area contributed by atoms with Gasteiger partial charge in [-0.1, -0.05) is 12.1 Å². The highest BCUT2D eigenvalue weighted by molar-refractivity contribution is 5.96. The van der Waals surface area contributed by atoms with E-state index in [4.69, 9.17) is 15.2 Å². The van der Waals surface area contributed by atoms with Crippen molar-refractivity contribution in [1.29, 1.82) is 0 Å². The van der Waals surface area contributed by atoms with E-state index in [1.165, 1.54) is 0 Å². The summed E-state index contributed by atoms with van der Waals surface area (Å²) < 4.78 is 10.2. The predicted molar refractivity (Wildman–Crippen MR) is 77.9 cm³/mol. The third-order valence-corrected chi connectivity index (χ3v) is 3.46. The smallest absolute Gasteiger partial charge is 0.340 e. The van der Waals surface area contributed by atoms with E-state index in [2.05, 4.69) is 5.32 Å². The van der Waals surface area contributed by atoms with E-state index in [-0.39, 0.29) is 24.1 Å². The number of aryl methyl sites for hydroxylation is 1. The number of nitrogens with one attached hydrogen (secondary N) is 1. The molecule has 114 valence electrons. The molecule has 1 aromatic carbocycles. The molecule has 1 fully saturated rings. The third kappa shape index (κ3) is 4.19. The summed E-state index contributed by atoms with van der Waals surface area (Å²) in [7, 11) is 0. The van der Waals surface area contributed by atoms with Gasteiger partial charge >= 0.3 is 5.97 Å². The standard InChI is InChI=1S/C15H20N2O4/c1-10-3-2-4-12(14(10)16)15(19)21-9-13(18)17-11-5-7-20-8-6-11/h2-4,11H,5-9,16H2,1H3,(H,17,18). The van der Waals surface area contributed by atoms with Crippen LogP contribution in [0, 0.1) is 6.92 Å². The first kappa shape index (κ1) is 15.3. The Morgan fingerprint density at radius 1 is 1.38 bits per heavy atom. The molecular weight excluding hydrogens is 272 g/mol. The van der Waals surface area contributed by atoms with Gasteiger partial charge in [0.1, 0.15) is 0 Å². The second-order valence-electron chi connectivity index (χ2n) is 5.07. The Balaban J connectivity index is 1.83. The lowest BCUT2D eigenvalue weighted by Gasteiger charge is -2.22. The van der Waals surface area contributed by atoms with Crippen LogP contribution in [-0.4, -0.2) is 37.7 Å². The molecule has 0 aliphatic carbocycles. The summed E-state index contributed by atoms with van der Waals surface area (Å²) in [6.45, 7) is 2.79. The van der Waals surface area contributed by atoms with Gasteiger partial charge in [0.25, 0.3) is 5.91 Å². The van der Waals surface area contributed by atoms with Crippen molar-refractivity contribution in [2.24, 2.45) is 0 Å². The molecule has 1 aliphatic heterocycles. The number of anilines is 1.